The molecule has 0 aromatic heterocycles. The molecule has 1 aromatic carbocycles. The summed E-state index contributed by atoms with van der Waals surface area (Å²) in [7, 11) is 1.66. The van der Waals surface area contributed by atoms with E-state index in [4.69, 9.17) is 9.47 Å². The van der Waals surface area contributed by atoms with Crippen LogP contribution in [0.3, 0.4) is 0 Å². The Hall–Kier alpha value is -1.90. The number of Topliss-reactive ketones (excluding diaryl/α,β-unsaturated/α-hetero) is 1. The number of nitriles is 1. The van der Waals surface area contributed by atoms with Crippen LogP contribution in [0.5, 0.6) is 0 Å². The first-order valence-corrected chi connectivity index (χ1v) is 7.56. The average Bonchev–Trinajstić information content (AvgIpc) is 2.55. The normalized spacial score (nSPS) is 15.6. The number of hydrogen-bond donors (Lipinski definition) is 0. The zero-order valence-corrected chi connectivity index (χ0v) is 13.2. The van der Waals surface area contributed by atoms with Crippen molar-refractivity contribution in [2.75, 3.05) is 38.3 Å². The summed E-state index contributed by atoms with van der Waals surface area (Å²) in [5, 5.41) is 9.27. The molecular weight excluding hydrogens is 280 g/mol. The van der Waals surface area contributed by atoms with E-state index in [1.165, 1.54) is 0 Å². The van der Waals surface area contributed by atoms with Gasteiger partial charge in [-0.2, -0.15) is 5.26 Å². The molecule has 0 atom stereocenters. The second-order valence-corrected chi connectivity index (χ2v) is 5.45. The predicted octanol–water partition coefficient (Wildman–Crippen LogP) is 2.39. The second kappa shape index (κ2) is 7.92. The van der Waals surface area contributed by atoms with Gasteiger partial charge in [0.15, 0.2) is 5.78 Å². The summed E-state index contributed by atoms with van der Waals surface area (Å²) in [5.41, 5.74) is 2.11. The van der Waals surface area contributed by atoms with Gasteiger partial charge in [-0.3, -0.25) is 4.79 Å². The molecule has 1 heterocycles. The highest BCUT2D eigenvalue weighted by Crippen LogP contribution is 2.26. The highest BCUT2D eigenvalue weighted by atomic mass is 16.5. The summed E-state index contributed by atoms with van der Waals surface area (Å²) < 4.78 is 10.7. The van der Waals surface area contributed by atoms with Gasteiger partial charge in [0, 0.05) is 25.8 Å². The maximum atomic E-state index is 11.5. The third kappa shape index (κ3) is 4.06. The third-order valence-corrected chi connectivity index (χ3v) is 3.95. The van der Waals surface area contributed by atoms with Crippen LogP contribution in [0.2, 0.25) is 0 Å². The van der Waals surface area contributed by atoms with Crippen LogP contribution in [0.25, 0.3) is 0 Å². The lowest BCUT2D eigenvalue weighted by molar-refractivity contribution is 0.00610. The molecule has 118 valence electrons. The van der Waals surface area contributed by atoms with Crippen molar-refractivity contribution in [2.45, 2.75) is 25.9 Å². The van der Waals surface area contributed by atoms with Crippen LogP contribution in [-0.2, 0) is 9.47 Å². The van der Waals surface area contributed by atoms with Crippen LogP contribution in [0.15, 0.2) is 18.2 Å². The molecule has 22 heavy (non-hydrogen) atoms. The number of methoxy groups -OCH3 is 1. The van der Waals surface area contributed by atoms with Crippen LogP contribution < -0.4 is 4.90 Å². The number of ether oxygens (including phenoxy) is 2. The highest BCUT2D eigenvalue weighted by molar-refractivity contribution is 5.95. The van der Waals surface area contributed by atoms with E-state index in [2.05, 4.69) is 11.0 Å². The van der Waals surface area contributed by atoms with Crippen molar-refractivity contribution in [3.63, 3.8) is 0 Å². The van der Waals surface area contributed by atoms with E-state index in [0.29, 0.717) is 24.3 Å². The average molecular weight is 302 g/mol. The van der Waals surface area contributed by atoms with Crippen molar-refractivity contribution in [2.24, 2.45) is 0 Å². The molecule has 2 rings (SSSR count). The summed E-state index contributed by atoms with van der Waals surface area (Å²) >= 11 is 0. The summed E-state index contributed by atoms with van der Waals surface area (Å²) in [5.74, 6) is 0.0172. The minimum absolute atomic E-state index is 0.0172. The standard InChI is InChI=1S/C17H22N2O3/c1-13(20)14-3-4-15(12-18)17(11-14)19-7-5-16(6-8-19)22-10-9-21-2/h3-4,11,16H,5-10H2,1-2H3. The van der Waals surface area contributed by atoms with E-state index in [1.54, 1.807) is 26.2 Å². The van der Waals surface area contributed by atoms with Gasteiger partial charge >= 0.3 is 0 Å². The molecule has 0 spiro atoms. The molecule has 1 fully saturated rings. The Labute approximate surface area is 131 Å². The molecule has 0 aliphatic carbocycles. The van der Waals surface area contributed by atoms with Gasteiger partial charge in [-0.15, -0.1) is 0 Å². The van der Waals surface area contributed by atoms with Crippen molar-refractivity contribution in [3.8, 4) is 6.07 Å². The predicted molar refractivity (Wildman–Crippen MR) is 84.2 cm³/mol. The Kier molecular flexibility index (Phi) is 5.93. The molecule has 0 unspecified atom stereocenters. The molecule has 1 aliphatic heterocycles. The van der Waals surface area contributed by atoms with Crippen LogP contribution in [0, 0.1) is 11.3 Å². The molecule has 1 aliphatic rings. The van der Waals surface area contributed by atoms with Crippen molar-refractivity contribution >= 4 is 11.5 Å². The summed E-state index contributed by atoms with van der Waals surface area (Å²) in [6.45, 7) is 4.42. The first-order chi connectivity index (χ1) is 10.7. The number of carbonyl (C=O) groups excluding carboxylic acids is 1. The molecule has 1 saturated heterocycles. The lowest BCUT2D eigenvalue weighted by atomic mass is 10.0. The van der Waals surface area contributed by atoms with Gasteiger partial charge in [0.25, 0.3) is 0 Å². The number of rotatable bonds is 6. The smallest absolute Gasteiger partial charge is 0.159 e. The van der Waals surface area contributed by atoms with Crippen molar-refractivity contribution < 1.29 is 14.3 Å². The van der Waals surface area contributed by atoms with E-state index in [0.717, 1.165) is 31.6 Å². The quantitative estimate of drug-likeness (QED) is 0.596. The van der Waals surface area contributed by atoms with Gasteiger partial charge in [-0.25, -0.2) is 0 Å². The van der Waals surface area contributed by atoms with Crippen LogP contribution >= 0.6 is 0 Å². The summed E-state index contributed by atoms with van der Waals surface area (Å²) in [4.78, 5) is 13.7. The molecule has 1 aromatic rings. The number of nitrogens with zero attached hydrogens (tertiary/aromatic N) is 2. The van der Waals surface area contributed by atoms with Gasteiger partial charge in [-0.1, -0.05) is 0 Å². The molecule has 0 radical (unpaired) electrons. The summed E-state index contributed by atoms with van der Waals surface area (Å²) in [6.07, 6.45) is 2.07. The minimum Gasteiger partial charge on any atom is -0.382 e. The fourth-order valence-electron chi connectivity index (χ4n) is 2.67. The molecule has 0 N–H and O–H groups in total. The Balaban J connectivity index is 2.03. The zero-order chi connectivity index (χ0) is 15.9. The monoisotopic (exact) mass is 302 g/mol. The van der Waals surface area contributed by atoms with E-state index < -0.39 is 0 Å². The van der Waals surface area contributed by atoms with E-state index in [1.807, 2.05) is 6.07 Å². The molecule has 0 saturated carbocycles. The Morgan fingerprint density at radius 3 is 2.68 bits per heavy atom. The van der Waals surface area contributed by atoms with E-state index >= 15 is 0 Å². The largest absolute Gasteiger partial charge is 0.382 e. The van der Waals surface area contributed by atoms with Gasteiger partial charge in [0.1, 0.15) is 6.07 Å². The maximum absolute atomic E-state index is 11.5. The maximum Gasteiger partial charge on any atom is 0.159 e. The minimum atomic E-state index is 0.0172. The fraction of sp³-hybridized carbons (Fsp3) is 0.529. The number of anilines is 1. The number of hydrogen-bond acceptors (Lipinski definition) is 5. The lowest BCUT2D eigenvalue weighted by Crippen LogP contribution is -2.37. The van der Waals surface area contributed by atoms with E-state index in [-0.39, 0.29) is 11.9 Å². The first kappa shape index (κ1) is 16.5. The Bertz CT molecular complexity index is 558. The highest BCUT2D eigenvalue weighted by Gasteiger charge is 2.22. The molecule has 5 nitrogen and oxygen atoms in total. The summed E-state index contributed by atoms with van der Waals surface area (Å²) in [6, 6.07) is 7.48. The second-order valence-electron chi connectivity index (χ2n) is 5.45. The molecular formula is C17H22N2O3. The molecule has 0 amide bonds. The number of carbonyl (C=O) groups is 1. The van der Waals surface area contributed by atoms with Crippen LogP contribution in [0.1, 0.15) is 35.7 Å². The Morgan fingerprint density at radius 2 is 2.09 bits per heavy atom. The van der Waals surface area contributed by atoms with Gasteiger partial charge < -0.3 is 14.4 Å². The zero-order valence-electron chi connectivity index (χ0n) is 13.2. The molecule has 5 heteroatoms. The van der Waals surface area contributed by atoms with Crippen LogP contribution in [0.4, 0.5) is 5.69 Å². The number of piperidine rings is 1. The van der Waals surface area contributed by atoms with Crippen molar-refractivity contribution in [1.29, 1.82) is 5.26 Å². The fourth-order valence-corrected chi connectivity index (χ4v) is 2.67. The van der Waals surface area contributed by atoms with Crippen molar-refractivity contribution in [1.82, 2.24) is 0 Å². The van der Waals surface area contributed by atoms with Crippen LogP contribution in [-0.4, -0.2) is 45.3 Å². The number of benzene rings is 1. The SMILES string of the molecule is COCCOC1CCN(c2cc(C(C)=O)ccc2C#N)CC1. The van der Waals surface area contributed by atoms with Gasteiger partial charge in [0.05, 0.1) is 30.6 Å². The number of ketones is 1. The van der Waals surface area contributed by atoms with E-state index in [9.17, 15) is 10.1 Å². The first-order valence-electron chi connectivity index (χ1n) is 7.56. The molecule has 0 bridgehead atoms. The third-order valence-electron chi connectivity index (χ3n) is 3.95. The Morgan fingerprint density at radius 1 is 1.36 bits per heavy atom. The topological polar surface area (TPSA) is 62.6 Å². The lowest BCUT2D eigenvalue weighted by Gasteiger charge is -2.34. The van der Waals surface area contributed by atoms with Gasteiger partial charge in [-0.05, 0) is 38.0 Å². The van der Waals surface area contributed by atoms with Crippen molar-refractivity contribution in [3.05, 3.63) is 29.3 Å². The van der Waals surface area contributed by atoms with Gasteiger partial charge in [0.2, 0.25) is 0 Å².